The summed E-state index contributed by atoms with van der Waals surface area (Å²) in [7, 11) is 0. The molecule has 96 valence electrons. The molecule has 0 saturated heterocycles. The zero-order chi connectivity index (χ0) is 13.1. The highest BCUT2D eigenvalue weighted by Crippen LogP contribution is 2.18. The molecule has 0 aliphatic heterocycles. The molecule has 1 aliphatic carbocycles. The van der Waals surface area contributed by atoms with E-state index in [0.29, 0.717) is 22.4 Å². The van der Waals surface area contributed by atoms with Crippen LogP contribution in [0.3, 0.4) is 0 Å². The van der Waals surface area contributed by atoms with Crippen LogP contribution in [0, 0.1) is 11.6 Å². The zero-order valence-corrected chi connectivity index (χ0v) is 10.7. The SMILES string of the molecule is CC(=NNC(=S)NC1CC1)c1ccc(F)c(F)c1. The van der Waals surface area contributed by atoms with Crippen LogP contribution in [-0.2, 0) is 0 Å². The highest BCUT2D eigenvalue weighted by Gasteiger charge is 2.21. The number of halogens is 2. The van der Waals surface area contributed by atoms with Gasteiger partial charge < -0.3 is 5.32 Å². The van der Waals surface area contributed by atoms with Crippen LogP contribution in [0.4, 0.5) is 8.78 Å². The first-order valence-electron chi connectivity index (χ1n) is 5.62. The Morgan fingerprint density at radius 2 is 2.06 bits per heavy atom. The number of rotatable bonds is 3. The number of nitrogens with zero attached hydrogens (tertiary/aromatic N) is 1. The molecule has 1 fully saturated rings. The fourth-order valence-corrected chi connectivity index (χ4v) is 1.58. The van der Waals surface area contributed by atoms with Crippen molar-refractivity contribution in [3.63, 3.8) is 0 Å². The van der Waals surface area contributed by atoms with Gasteiger partial charge in [-0.3, -0.25) is 5.43 Å². The molecule has 3 nitrogen and oxygen atoms in total. The lowest BCUT2D eigenvalue weighted by atomic mass is 10.1. The second-order valence-corrected chi connectivity index (χ2v) is 4.59. The zero-order valence-electron chi connectivity index (χ0n) is 9.84. The van der Waals surface area contributed by atoms with Gasteiger partial charge in [-0.05, 0) is 50.2 Å². The summed E-state index contributed by atoms with van der Waals surface area (Å²) in [5, 5.41) is 7.52. The minimum absolute atomic E-state index is 0.444. The van der Waals surface area contributed by atoms with Crippen molar-refractivity contribution in [1.29, 1.82) is 0 Å². The molecule has 0 heterocycles. The number of hydrazone groups is 1. The topological polar surface area (TPSA) is 36.4 Å². The van der Waals surface area contributed by atoms with Crippen LogP contribution in [0.5, 0.6) is 0 Å². The van der Waals surface area contributed by atoms with E-state index in [-0.39, 0.29) is 0 Å². The van der Waals surface area contributed by atoms with Crippen LogP contribution in [0.1, 0.15) is 25.3 Å². The lowest BCUT2D eigenvalue weighted by Gasteiger charge is -2.06. The number of thiocarbonyl (C=S) groups is 1. The van der Waals surface area contributed by atoms with Crippen LogP contribution in [-0.4, -0.2) is 16.9 Å². The molecule has 1 saturated carbocycles. The second kappa shape index (κ2) is 5.39. The molecule has 0 radical (unpaired) electrons. The lowest BCUT2D eigenvalue weighted by molar-refractivity contribution is 0.508. The van der Waals surface area contributed by atoms with E-state index in [4.69, 9.17) is 12.2 Å². The van der Waals surface area contributed by atoms with Crippen LogP contribution in [0.15, 0.2) is 23.3 Å². The molecule has 18 heavy (non-hydrogen) atoms. The molecular weight excluding hydrogens is 256 g/mol. The molecular formula is C12H13F2N3S. The quantitative estimate of drug-likeness (QED) is 0.502. The predicted octanol–water partition coefficient (Wildman–Crippen LogP) is 2.32. The average Bonchev–Trinajstić information content (AvgIpc) is 3.13. The lowest BCUT2D eigenvalue weighted by Crippen LogP contribution is -2.34. The van der Waals surface area contributed by atoms with Crippen molar-refractivity contribution < 1.29 is 8.78 Å². The maximum absolute atomic E-state index is 13.0. The van der Waals surface area contributed by atoms with E-state index >= 15 is 0 Å². The summed E-state index contributed by atoms with van der Waals surface area (Å²) in [6.45, 7) is 1.69. The van der Waals surface area contributed by atoms with Gasteiger partial charge >= 0.3 is 0 Å². The van der Waals surface area contributed by atoms with E-state index in [1.807, 2.05) is 0 Å². The Morgan fingerprint density at radius 1 is 1.33 bits per heavy atom. The van der Waals surface area contributed by atoms with Gasteiger partial charge in [-0.25, -0.2) is 8.78 Å². The van der Waals surface area contributed by atoms with E-state index in [1.54, 1.807) is 6.92 Å². The highest BCUT2D eigenvalue weighted by molar-refractivity contribution is 7.80. The molecule has 0 amide bonds. The fraction of sp³-hybridized carbons (Fsp3) is 0.333. The molecule has 0 aromatic heterocycles. The van der Waals surface area contributed by atoms with Gasteiger partial charge in [0, 0.05) is 11.6 Å². The van der Waals surface area contributed by atoms with Gasteiger partial charge in [-0.15, -0.1) is 0 Å². The third-order valence-electron chi connectivity index (χ3n) is 2.58. The Morgan fingerprint density at radius 3 is 2.67 bits per heavy atom. The van der Waals surface area contributed by atoms with Crippen molar-refractivity contribution in [2.75, 3.05) is 0 Å². The second-order valence-electron chi connectivity index (χ2n) is 4.19. The van der Waals surface area contributed by atoms with Gasteiger partial charge in [-0.2, -0.15) is 5.10 Å². The summed E-state index contributed by atoms with van der Waals surface area (Å²) in [4.78, 5) is 0. The molecule has 6 heteroatoms. The van der Waals surface area contributed by atoms with Crippen molar-refractivity contribution >= 4 is 23.0 Å². The smallest absolute Gasteiger partial charge is 0.187 e. The Kier molecular flexibility index (Phi) is 3.86. The third-order valence-corrected chi connectivity index (χ3v) is 2.78. The number of benzene rings is 1. The fourth-order valence-electron chi connectivity index (χ4n) is 1.37. The standard InChI is InChI=1S/C12H13F2N3S/c1-7(8-2-5-10(13)11(14)6-8)16-17-12(18)15-9-3-4-9/h2,5-6,9H,3-4H2,1H3,(H2,15,17,18). The van der Waals surface area contributed by atoms with Crippen LogP contribution in [0.2, 0.25) is 0 Å². The molecule has 1 aromatic rings. The molecule has 1 aliphatic rings. The molecule has 2 rings (SSSR count). The first-order chi connectivity index (χ1) is 8.56. The first kappa shape index (κ1) is 12.9. The van der Waals surface area contributed by atoms with Crippen molar-refractivity contribution in [3.8, 4) is 0 Å². The first-order valence-corrected chi connectivity index (χ1v) is 6.03. The summed E-state index contributed by atoms with van der Waals surface area (Å²) in [5.41, 5.74) is 3.72. The minimum Gasteiger partial charge on any atom is -0.359 e. The van der Waals surface area contributed by atoms with Gasteiger partial charge in [0.25, 0.3) is 0 Å². The van der Waals surface area contributed by atoms with Gasteiger partial charge in [0.15, 0.2) is 16.7 Å². The predicted molar refractivity (Wildman–Crippen MR) is 70.5 cm³/mol. The summed E-state index contributed by atoms with van der Waals surface area (Å²) in [6.07, 6.45) is 2.24. The van der Waals surface area contributed by atoms with Crippen molar-refractivity contribution in [1.82, 2.24) is 10.7 Å². The van der Waals surface area contributed by atoms with Crippen LogP contribution in [0.25, 0.3) is 0 Å². The minimum atomic E-state index is -0.888. The van der Waals surface area contributed by atoms with Gasteiger partial charge in [0.2, 0.25) is 0 Å². The Balaban J connectivity index is 1.97. The largest absolute Gasteiger partial charge is 0.359 e. The maximum atomic E-state index is 13.0. The van der Waals surface area contributed by atoms with E-state index in [2.05, 4.69) is 15.8 Å². The van der Waals surface area contributed by atoms with Crippen molar-refractivity contribution in [3.05, 3.63) is 35.4 Å². The van der Waals surface area contributed by atoms with E-state index in [9.17, 15) is 8.78 Å². The molecule has 2 N–H and O–H groups in total. The summed E-state index contributed by atoms with van der Waals surface area (Å²) < 4.78 is 25.8. The normalized spacial score (nSPS) is 15.4. The number of hydrogen-bond acceptors (Lipinski definition) is 2. The van der Waals surface area contributed by atoms with Gasteiger partial charge in [-0.1, -0.05) is 0 Å². The number of nitrogens with one attached hydrogen (secondary N) is 2. The Labute approximate surface area is 109 Å². The molecule has 0 unspecified atom stereocenters. The van der Waals surface area contributed by atoms with Crippen LogP contribution < -0.4 is 10.7 Å². The summed E-state index contributed by atoms with van der Waals surface area (Å²) in [6, 6.07) is 4.09. The van der Waals surface area contributed by atoms with E-state index < -0.39 is 11.6 Å². The van der Waals surface area contributed by atoms with Crippen LogP contribution >= 0.6 is 12.2 Å². The van der Waals surface area contributed by atoms with Gasteiger partial charge in [0.05, 0.1) is 5.71 Å². The molecule has 0 spiro atoms. The average molecular weight is 269 g/mol. The Bertz CT molecular complexity index is 498. The number of hydrogen-bond donors (Lipinski definition) is 2. The summed E-state index contributed by atoms with van der Waals surface area (Å²) >= 11 is 5.02. The van der Waals surface area contributed by atoms with E-state index in [0.717, 1.165) is 25.0 Å². The van der Waals surface area contributed by atoms with E-state index in [1.165, 1.54) is 6.07 Å². The Hall–Kier alpha value is -1.56. The van der Waals surface area contributed by atoms with Gasteiger partial charge in [0.1, 0.15) is 0 Å². The highest BCUT2D eigenvalue weighted by atomic mass is 32.1. The van der Waals surface area contributed by atoms with Crippen molar-refractivity contribution in [2.24, 2.45) is 5.10 Å². The molecule has 0 bridgehead atoms. The molecule has 1 aromatic carbocycles. The molecule has 0 atom stereocenters. The maximum Gasteiger partial charge on any atom is 0.187 e. The monoisotopic (exact) mass is 269 g/mol. The third kappa shape index (κ3) is 3.46. The van der Waals surface area contributed by atoms with Crippen molar-refractivity contribution in [2.45, 2.75) is 25.8 Å². The summed E-state index contributed by atoms with van der Waals surface area (Å²) in [5.74, 6) is -1.76.